The number of hydrogen-bond donors (Lipinski definition) is 0. The predicted molar refractivity (Wildman–Crippen MR) is 551 cm³/mol. The molecule has 5 aromatic heterocycles. The van der Waals surface area contributed by atoms with E-state index in [9.17, 15) is 0 Å². The van der Waals surface area contributed by atoms with Crippen LogP contribution in [0.1, 0.15) is 83.5 Å². The normalized spacial score (nSPS) is 11.5. The van der Waals surface area contributed by atoms with Crippen LogP contribution in [-0.2, 0) is 32.1 Å². The number of hydrogen-bond acceptors (Lipinski definition) is 5. The minimum atomic E-state index is 0.864. The van der Waals surface area contributed by atoms with Gasteiger partial charge in [-0.15, -0.1) is 0 Å². The number of furan rings is 5. The first-order valence-electron chi connectivity index (χ1n) is 45.4. The highest BCUT2D eigenvalue weighted by Gasteiger charge is 2.22. The van der Waals surface area contributed by atoms with Crippen molar-refractivity contribution in [1.29, 1.82) is 0 Å². The molecule has 0 saturated carbocycles. The van der Waals surface area contributed by atoms with Gasteiger partial charge < -0.3 is 22.1 Å². The average molecular weight is 1690 g/mol. The zero-order chi connectivity index (χ0) is 88.0. The molecule has 0 aliphatic heterocycles. The van der Waals surface area contributed by atoms with E-state index in [2.05, 4.69) is 453 Å². The first kappa shape index (κ1) is 80.7. The van der Waals surface area contributed by atoms with Crippen LogP contribution in [0.15, 0.2) is 441 Å². The SMILES string of the molecule is Cc1ccc(Cc2cccc3c2oc2c4ccccc4ccc32)cc1.Cc1ccc(Cc2cccc3c2oc2ccc4ccccc4c23)cc1.Cc1cccc(Cc2cccc3c2oc2c4ccccc4ccc32)c1.Cc1ccccc1Cc1cccc2c1oc1c(-c3ccccc3)cc3ccccc3c12.Cc1ccccc1Cc1cccc2c1oc1ccc3ccccc3c12. The Morgan fingerprint density at radius 3 is 0.947 bits per heavy atom. The van der Waals surface area contributed by atoms with Crippen molar-refractivity contribution in [2.45, 2.75) is 66.7 Å². The molecule has 0 radical (unpaired) electrons. The molecule has 0 unspecified atom stereocenters. The highest BCUT2D eigenvalue weighted by atomic mass is 16.3. The smallest absolute Gasteiger partial charge is 0.143 e. The summed E-state index contributed by atoms with van der Waals surface area (Å²) in [6.45, 7) is 10.7. The largest absolute Gasteiger partial charge is 0.456 e. The van der Waals surface area contributed by atoms with Gasteiger partial charge in [-0.3, -0.25) is 0 Å². The van der Waals surface area contributed by atoms with Gasteiger partial charge in [-0.25, -0.2) is 0 Å². The van der Waals surface area contributed by atoms with E-state index in [1.807, 2.05) is 0 Å². The molecular formula is C126H94O5. The van der Waals surface area contributed by atoms with E-state index in [-0.39, 0.29) is 0 Å². The molecule has 131 heavy (non-hydrogen) atoms. The monoisotopic (exact) mass is 1690 g/mol. The first-order valence-corrected chi connectivity index (χ1v) is 45.4. The summed E-state index contributed by atoms with van der Waals surface area (Å²) in [5.41, 5.74) is 31.5. The summed E-state index contributed by atoms with van der Waals surface area (Å²) in [6, 6.07) is 148. The Hall–Kier alpha value is -16.1. The quantitative estimate of drug-likeness (QED) is 0.129. The molecule has 0 spiro atoms. The van der Waals surface area contributed by atoms with Crippen LogP contribution in [-0.4, -0.2) is 0 Å². The van der Waals surface area contributed by atoms with Crippen molar-refractivity contribution in [2.75, 3.05) is 0 Å². The van der Waals surface area contributed by atoms with Gasteiger partial charge in [0.25, 0.3) is 0 Å². The number of rotatable bonds is 11. The van der Waals surface area contributed by atoms with Crippen molar-refractivity contribution in [1.82, 2.24) is 0 Å². The van der Waals surface area contributed by atoms with Crippen LogP contribution in [0.4, 0.5) is 0 Å². The molecule has 0 saturated heterocycles. The highest BCUT2D eigenvalue weighted by molar-refractivity contribution is 6.24. The maximum absolute atomic E-state index is 6.69. The fourth-order valence-electron chi connectivity index (χ4n) is 19.6. The Bertz CT molecular complexity index is 8750. The molecule has 5 heterocycles. The lowest BCUT2D eigenvalue weighted by molar-refractivity contribution is 0.664. The van der Waals surface area contributed by atoms with Gasteiger partial charge in [0.2, 0.25) is 0 Å². The fourth-order valence-corrected chi connectivity index (χ4v) is 19.6. The van der Waals surface area contributed by atoms with Crippen LogP contribution in [0.25, 0.3) is 175 Å². The fraction of sp³-hybridized carbons (Fsp3) is 0.0794. The third-order valence-electron chi connectivity index (χ3n) is 26.3. The average Bonchev–Trinajstić information content (AvgIpc) is 1.14. The van der Waals surface area contributed by atoms with E-state index >= 15 is 0 Å². The summed E-state index contributed by atoms with van der Waals surface area (Å²) in [4.78, 5) is 0. The van der Waals surface area contributed by atoms with Gasteiger partial charge in [0.1, 0.15) is 55.8 Å². The molecule has 5 nitrogen and oxygen atoms in total. The van der Waals surface area contributed by atoms with E-state index in [1.54, 1.807) is 0 Å². The van der Waals surface area contributed by atoms with Gasteiger partial charge in [0.05, 0.1) is 0 Å². The second-order valence-electron chi connectivity index (χ2n) is 35.0. The number of fused-ring (bicyclic) bond motifs is 25. The van der Waals surface area contributed by atoms with E-state index in [4.69, 9.17) is 22.1 Å². The zero-order valence-corrected chi connectivity index (χ0v) is 73.9. The lowest BCUT2D eigenvalue weighted by Gasteiger charge is -2.06. The van der Waals surface area contributed by atoms with E-state index in [0.717, 1.165) is 93.5 Å². The topological polar surface area (TPSA) is 65.7 Å². The van der Waals surface area contributed by atoms with Crippen LogP contribution in [0, 0.1) is 34.6 Å². The Morgan fingerprint density at radius 2 is 0.489 bits per heavy atom. The molecule has 0 aliphatic carbocycles. The highest BCUT2D eigenvalue weighted by Crippen LogP contribution is 2.45. The minimum absolute atomic E-state index is 0.864. The second-order valence-corrected chi connectivity index (χ2v) is 35.0. The van der Waals surface area contributed by atoms with Crippen LogP contribution in [0.2, 0.25) is 0 Å². The zero-order valence-electron chi connectivity index (χ0n) is 73.9. The molecule has 0 atom stereocenters. The number of para-hydroxylation sites is 5. The van der Waals surface area contributed by atoms with E-state index < -0.39 is 0 Å². The molecule has 0 bridgehead atoms. The van der Waals surface area contributed by atoms with Gasteiger partial charge in [0, 0.05) is 102 Å². The van der Waals surface area contributed by atoms with Crippen LogP contribution < -0.4 is 0 Å². The lowest BCUT2D eigenvalue weighted by Crippen LogP contribution is -1.91. The van der Waals surface area contributed by atoms with Gasteiger partial charge in [-0.1, -0.05) is 405 Å². The molecule has 26 aromatic rings. The second kappa shape index (κ2) is 34.9. The molecule has 26 rings (SSSR count). The Kier molecular flexibility index (Phi) is 21.5. The molecule has 628 valence electrons. The van der Waals surface area contributed by atoms with Crippen LogP contribution in [0.3, 0.4) is 0 Å². The van der Waals surface area contributed by atoms with E-state index in [0.29, 0.717) is 0 Å². The van der Waals surface area contributed by atoms with Crippen molar-refractivity contribution < 1.29 is 22.1 Å². The summed E-state index contributed by atoms with van der Waals surface area (Å²) >= 11 is 0. The molecule has 0 amide bonds. The maximum Gasteiger partial charge on any atom is 0.143 e. The van der Waals surface area contributed by atoms with Gasteiger partial charge in [-0.2, -0.15) is 0 Å². The molecular weight excluding hydrogens is 1590 g/mol. The number of benzene rings is 21. The van der Waals surface area contributed by atoms with Crippen molar-refractivity contribution >= 4 is 164 Å². The Labute approximate surface area is 760 Å². The Morgan fingerprint density at radius 1 is 0.168 bits per heavy atom. The molecule has 21 aromatic carbocycles. The van der Waals surface area contributed by atoms with Gasteiger partial charge >= 0.3 is 0 Å². The first-order chi connectivity index (χ1) is 64.5. The summed E-state index contributed by atoms with van der Waals surface area (Å²) in [7, 11) is 0. The maximum atomic E-state index is 6.69. The third kappa shape index (κ3) is 15.8. The van der Waals surface area contributed by atoms with Gasteiger partial charge in [0.15, 0.2) is 0 Å². The molecule has 0 aliphatic rings. The van der Waals surface area contributed by atoms with Crippen molar-refractivity contribution in [3.63, 3.8) is 0 Å². The van der Waals surface area contributed by atoms with Gasteiger partial charge in [-0.05, 0) is 180 Å². The standard InChI is InChI=1S/C30H22O.4C24H18O/c1-20-10-5-6-13-22(20)18-24-15-9-17-26-28-25-16-8-7-14-23(25)19-27(30(28)31-29(24)26)21-11-3-2-4-12-21;1-16-6-4-7-17(14-16)15-19-9-5-11-21-22-13-12-18-8-2-3-10-20(18)24(22)25-23(19)21;1-16-7-2-3-9-18(16)15-19-10-6-12-21-23-20-11-5-4-8-17(20)13-14-22(23)25-24(19)21;1-16-9-11-17(12-10-16)15-19-6-4-8-21-23-20-7-3-2-5-18(20)13-14-22(23)25-24(19)21;1-16-9-11-17(12-10-16)15-19-6-4-8-21-22-14-13-18-5-2-3-7-20(18)24(22)25-23(19)21/h2-17,19H,18H2,1H3;4*2-14H,15H2,1H3. The van der Waals surface area contributed by atoms with E-state index in [1.165, 1.54) is 197 Å². The van der Waals surface area contributed by atoms with Crippen molar-refractivity contribution in [2.24, 2.45) is 0 Å². The predicted octanol–water partition coefficient (Wildman–Crippen LogP) is 34.9. The molecule has 5 heteroatoms. The summed E-state index contributed by atoms with van der Waals surface area (Å²) in [6.07, 6.45) is 4.41. The van der Waals surface area contributed by atoms with Crippen LogP contribution in [0.5, 0.6) is 0 Å². The lowest BCUT2D eigenvalue weighted by atomic mass is 9.95. The van der Waals surface area contributed by atoms with Crippen molar-refractivity contribution in [3.05, 3.63) is 502 Å². The summed E-state index contributed by atoms with van der Waals surface area (Å²) < 4.78 is 32.1. The third-order valence-corrected chi connectivity index (χ3v) is 26.3. The summed E-state index contributed by atoms with van der Waals surface area (Å²) in [5, 5.41) is 24.3. The number of aryl methyl sites for hydroxylation is 5. The van der Waals surface area contributed by atoms with Crippen LogP contribution >= 0.6 is 0 Å². The Balaban J connectivity index is 0.0000000961. The minimum Gasteiger partial charge on any atom is -0.456 e. The van der Waals surface area contributed by atoms with Crippen molar-refractivity contribution in [3.8, 4) is 11.1 Å². The molecule has 0 N–H and O–H groups in total. The summed E-state index contributed by atoms with van der Waals surface area (Å²) in [5.74, 6) is 0. The molecule has 0 fully saturated rings.